The Balaban J connectivity index is 2.13. The van der Waals surface area contributed by atoms with Crippen LogP contribution in [0.15, 0.2) is 30.6 Å². The van der Waals surface area contributed by atoms with Crippen molar-refractivity contribution in [2.45, 2.75) is 20.1 Å². The van der Waals surface area contributed by atoms with Gasteiger partial charge in [-0.2, -0.15) is 5.10 Å². The summed E-state index contributed by atoms with van der Waals surface area (Å²) in [5, 5.41) is 4.36. The van der Waals surface area contributed by atoms with Crippen molar-refractivity contribution in [3.8, 4) is 16.9 Å². The van der Waals surface area contributed by atoms with Crippen molar-refractivity contribution < 1.29 is 9.47 Å². The summed E-state index contributed by atoms with van der Waals surface area (Å²) < 4.78 is 13.1. The van der Waals surface area contributed by atoms with Crippen molar-refractivity contribution in [3.63, 3.8) is 0 Å². The van der Waals surface area contributed by atoms with Crippen LogP contribution in [0.25, 0.3) is 11.1 Å². The smallest absolute Gasteiger partial charge is 0.147 e. The molecule has 1 aromatic heterocycles. The lowest BCUT2D eigenvalue weighted by molar-refractivity contribution is 0.0160. The third-order valence-corrected chi connectivity index (χ3v) is 3.52. The monoisotopic (exact) mass is 318 g/mol. The van der Waals surface area contributed by atoms with Gasteiger partial charge in [0, 0.05) is 24.9 Å². The number of hydrogen-bond donors (Lipinski definition) is 1. The number of aromatic nitrogens is 2. The van der Waals surface area contributed by atoms with Crippen molar-refractivity contribution >= 4 is 5.69 Å². The minimum Gasteiger partial charge on any atom is -0.490 e. The highest BCUT2D eigenvalue weighted by molar-refractivity contribution is 5.68. The normalized spacial score (nSPS) is 12.6. The summed E-state index contributed by atoms with van der Waals surface area (Å²) in [6.45, 7) is 6.04. The van der Waals surface area contributed by atoms with Crippen molar-refractivity contribution in [1.82, 2.24) is 14.7 Å². The molecule has 0 aliphatic carbocycles. The highest BCUT2D eigenvalue weighted by atomic mass is 16.5. The molecule has 0 amide bonds. The number of nitrogen functional groups attached to an aromatic ring is 1. The number of benzene rings is 1. The fraction of sp³-hybridized carbons (Fsp3) is 0.471. The molecule has 23 heavy (non-hydrogen) atoms. The summed E-state index contributed by atoms with van der Waals surface area (Å²) >= 11 is 0. The lowest BCUT2D eigenvalue weighted by Gasteiger charge is -2.13. The Morgan fingerprint density at radius 2 is 2.09 bits per heavy atom. The van der Waals surface area contributed by atoms with Gasteiger partial charge in [-0.15, -0.1) is 0 Å². The van der Waals surface area contributed by atoms with Gasteiger partial charge < -0.3 is 20.1 Å². The quantitative estimate of drug-likeness (QED) is 0.758. The van der Waals surface area contributed by atoms with Crippen LogP contribution in [-0.4, -0.2) is 48.5 Å². The molecule has 0 fully saturated rings. The molecule has 1 atom stereocenters. The topological polar surface area (TPSA) is 65.5 Å². The molecular formula is C17H26N4O2. The van der Waals surface area contributed by atoms with Gasteiger partial charge in [0.05, 0.1) is 11.9 Å². The molecule has 1 aromatic carbocycles. The van der Waals surface area contributed by atoms with Crippen LogP contribution in [0.4, 0.5) is 5.69 Å². The first kappa shape index (κ1) is 17.3. The van der Waals surface area contributed by atoms with Gasteiger partial charge in [0.15, 0.2) is 0 Å². The zero-order chi connectivity index (χ0) is 16.8. The molecule has 126 valence electrons. The van der Waals surface area contributed by atoms with E-state index < -0.39 is 0 Å². The molecule has 0 aliphatic rings. The van der Waals surface area contributed by atoms with Gasteiger partial charge >= 0.3 is 0 Å². The van der Waals surface area contributed by atoms with E-state index in [1.165, 1.54) is 0 Å². The summed E-state index contributed by atoms with van der Waals surface area (Å²) in [6.07, 6.45) is 3.71. The SMILES string of the molecule is CCOC(C)n1cc(-c2ccc(N)c(OCCN(C)C)c2)cn1. The molecule has 0 bridgehead atoms. The van der Waals surface area contributed by atoms with E-state index in [1.807, 2.05) is 63.2 Å². The van der Waals surface area contributed by atoms with Crippen LogP contribution >= 0.6 is 0 Å². The summed E-state index contributed by atoms with van der Waals surface area (Å²) in [4.78, 5) is 2.07. The van der Waals surface area contributed by atoms with E-state index in [9.17, 15) is 0 Å². The van der Waals surface area contributed by atoms with Crippen LogP contribution in [0.5, 0.6) is 5.75 Å². The second-order valence-electron chi connectivity index (χ2n) is 5.67. The van der Waals surface area contributed by atoms with Gasteiger partial charge in [0.2, 0.25) is 0 Å². The Morgan fingerprint density at radius 1 is 1.30 bits per heavy atom. The maximum absolute atomic E-state index is 6.00. The Morgan fingerprint density at radius 3 is 2.78 bits per heavy atom. The fourth-order valence-electron chi connectivity index (χ4n) is 2.18. The third-order valence-electron chi connectivity index (χ3n) is 3.52. The van der Waals surface area contributed by atoms with Crippen LogP contribution in [0, 0.1) is 0 Å². The van der Waals surface area contributed by atoms with Gasteiger partial charge in [-0.05, 0) is 45.6 Å². The lowest BCUT2D eigenvalue weighted by Crippen LogP contribution is -2.19. The number of likely N-dealkylation sites (N-methyl/N-ethyl adjacent to an activating group) is 1. The average Bonchev–Trinajstić information content (AvgIpc) is 2.99. The van der Waals surface area contributed by atoms with Gasteiger partial charge in [0.25, 0.3) is 0 Å². The molecule has 1 unspecified atom stereocenters. The van der Waals surface area contributed by atoms with E-state index in [0.29, 0.717) is 24.7 Å². The molecule has 0 saturated carbocycles. The predicted molar refractivity (Wildman–Crippen MR) is 92.5 cm³/mol. The molecule has 6 heteroatoms. The number of nitrogens with zero attached hydrogens (tertiary/aromatic N) is 3. The van der Waals surface area contributed by atoms with Gasteiger partial charge in [-0.25, -0.2) is 4.68 Å². The second-order valence-corrected chi connectivity index (χ2v) is 5.67. The van der Waals surface area contributed by atoms with Crippen molar-refractivity contribution in [2.24, 2.45) is 0 Å². The van der Waals surface area contributed by atoms with Crippen LogP contribution in [0.1, 0.15) is 20.1 Å². The molecule has 0 radical (unpaired) electrons. The van der Waals surface area contributed by atoms with E-state index in [0.717, 1.165) is 17.7 Å². The molecule has 6 nitrogen and oxygen atoms in total. The van der Waals surface area contributed by atoms with Gasteiger partial charge in [-0.1, -0.05) is 6.07 Å². The van der Waals surface area contributed by atoms with Crippen molar-refractivity contribution in [3.05, 3.63) is 30.6 Å². The zero-order valence-electron chi connectivity index (χ0n) is 14.3. The minimum absolute atomic E-state index is 0.0849. The molecule has 2 rings (SSSR count). The molecular weight excluding hydrogens is 292 g/mol. The Hall–Kier alpha value is -2.05. The molecule has 0 aliphatic heterocycles. The number of ether oxygens (including phenoxy) is 2. The van der Waals surface area contributed by atoms with E-state index >= 15 is 0 Å². The molecule has 1 heterocycles. The first-order valence-corrected chi connectivity index (χ1v) is 7.84. The van der Waals surface area contributed by atoms with Crippen LogP contribution in [0.3, 0.4) is 0 Å². The van der Waals surface area contributed by atoms with Crippen molar-refractivity contribution in [2.75, 3.05) is 39.6 Å². The maximum atomic E-state index is 6.00. The van der Waals surface area contributed by atoms with Crippen LogP contribution < -0.4 is 10.5 Å². The highest BCUT2D eigenvalue weighted by Crippen LogP contribution is 2.29. The van der Waals surface area contributed by atoms with Crippen molar-refractivity contribution in [1.29, 1.82) is 0 Å². The minimum atomic E-state index is -0.0849. The Kier molecular flexibility index (Phi) is 6.01. The Labute approximate surface area is 137 Å². The maximum Gasteiger partial charge on any atom is 0.147 e. The zero-order valence-corrected chi connectivity index (χ0v) is 14.3. The third kappa shape index (κ3) is 4.71. The molecule has 0 saturated heterocycles. The molecule has 2 N–H and O–H groups in total. The number of anilines is 1. The Bertz CT molecular complexity index is 625. The average molecular weight is 318 g/mol. The lowest BCUT2D eigenvalue weighted by atomic mass is 10.1. The number of hydrogen-bond acceptors (Lipinski definition) is 5. The first-order valence-electron chi connectivity index (χ1n) is 7.84. The predicted octanol–water partition coefficient (Wildman–Crippen LogP) is 2.63. The van der Waals surface area contributed by atoms with Gasteiger partial charge in [-0.3, -0.25) is 0 Å². The number of nitrogens with two attached hydrogens (primary N) is 1. The summed E-state index contributed by atoms with van der Waals surface area (Å²) in [5.74, 6) is 0.704. The first-order chi connectivity index (χ1) is 11.0. The van der Waals surface area contributed by atoms with E-state index in [-0.39, 0.29) is 6.23 Å². The van der Waals surface area contributed by atoms with Crippen LogP contribution in [-0.2, 0) is 4.74 Å². The summed E-state index contributed by atoms with van der Waals surface area (Å²) in [6, 6.07) is 5.79. The largest absolute Gasteiger partial charge is 0.490 e. The highest BCUT2D eigenvalue weighted by Gasteiger charge is 2.09. The van der Waals surface area contributed by atoms with E-state index in [2.05, 4.69) is 10.00 Å². The van der Waals surface area contributed by atoms with Gasteiger partial charge in [0.1, 0.15) is 18.6 Å². The molecule has 2 aromatic rings. The second kappa shape index (κ2) is 7.99. The standard InChI is InChI=1S/C17H26N4O2/c1-5-22-13(2)21-12-15(11-19-21)14-6-7-16(18)17(10-14)23-9-8-20(3)4/h6-7,10-13H,5,8-9,18H2,1-4H3. The van der Waals surface area contributed by atoms with E-state index in [4.69, 9.17) is 15.2 Å². The van der Waals surface area contributed by atoms with E-state index in [1.54, 1.807) is 0 Å². The fourth-order valence-corrected chi connectivity index (χ4v) is 2.18. The summed E-state index contributed by atoms with van der Waals surface area (Å²) in [5.41, 5.74) is 8.67. The number of rotatable bonds is 8. The summed E-state index contributed by atoms with van der Waals surface area (Å²) in [7, 11) is 4.02. The van der Waals surface area contributed by atoms with Crippen LogP contribution in [0.2, 0.25) is 0 Å². The molecule has 0 spiro atoms.